The van der Waals surface area contributed by atoms with Crippen molar-refractivity contribution in [2.75, 3.05) is 0 Å². The molecular weight excluding hydrogens is 352 g/mol. The lowest BCUT2D eigenvalue weighted by molar-refractivity contribution is -0.411. The molecule has 1 N–H and O–H groups in total. The zero-order chi connectivity index (χ0) is 20.9. The first-order valence-electron chi connectivity index (χ1n) is 11.0. The maximum Gasteiger partial charge on any atom is 0.308 e. The maximum atomic E-state index is 11.1. The number of hydrogen-bond donors (Lipinski definition) is 1. The van der Waals surface area contributed by atoms with Gasteiger partial charge >= 0.3 is 5.97 Å². The van der Waals surface area contributed by atoms with Gasteiger partial charge in [0.15, 0.2) is 0 Å². The van der Waals surface area contributed by atoms with E-state index in [1.807, 2.05) is 0 Å². The SMILES string of the molecule is CC(=CCC[C@]1(C)CC[C@@H]([C@@H](C)C(=O)O)OO1)CCC1=C(C)CCCC1(C)C. The van der Waals surface area contributed by atoms with E-state index in [9.17, 15) is 4.79 Å². The molecule has 0 aromatic rings. The molecule has 0 aromatic carbocycles. The van der Waals surface area contributed by atoms with Crippen molar-refractivity contribution in [3.05, 3.63) is 22.8 Å². The molecule has 0 amide bonds. The topological polar surface area (TPSA) is 55.8 Å². The average molecular weight is 393 g/mol. The first kappa shape index (κ1) is 23.2. The van der Waals surface area contributed by atoms with Crippen molar-refractivity contribution in [3.63, 3.8) is 0 Å². The van der Waals surface area contributed by atoms with Crippen molar-refractivity contribution in [1.29, 1.82) is 0 Å². The Morgan fingerprint density at radius 1 is 1.32 bits per heavy atom. The molecule has 2 aliphatic rings. The highest BCUT2D eigenvalue weighted by atomic mass is 17.2. The monoisotopic (exact) mass is 392 g/mol. The van der Waals surface area contributed by atoms with Gasteiger partial charge in [0.2, 0.25) is 0 Å². The summed E-state index contributed by atoms with van der Waals surface area (Å²) in [6.45, 7) is 13.1. The van der Waals surface area contributed by atoms with Gasteiger partial charge in [0.1, 0.15) is 11.7 Å². The molecule has 4 nitrogen and oxygen atoms in total. The Morgan fingerprint density at radius 2 is 2.04 bits per heavy atom. The first-order valence-corrected chi connectivity index (χ1v) is 11.0. The van der Waals surface area contributed by atoms with E-state index >= 15 is 0 Å². The van der Waals surface area contributed by atoms with E-state index in [1.54, 1.807) is 18.1 Å². The molecule has 1 saturated heterocycles. The average Bonchev–Trinajstić information content (AvgIpc) is 2.60. The van der Waals surface area contributed by atoms with E-state index < -0.39 is 11.9 Å². The van der Waals surface area contributed by atoms with E-state index in [0.717, 1.165) is 32.1 Å². The summed E-state index contributed by atoms with van der Waals surface area (Å²) in [5, 5.41) is 9.11. The fourth-order valence-electron chi connectivity index (χ4n) is 4.65. The van der Waals surface area contributed by atoms with Crippen LogP contribution in [0, 0.1) is 11.3 Å². The van der Waals surface area contributed by atoms with Gasteiger partial charge in [-0.3, -0.25) is 4.79 Å². The standard InChI is InChI=1S/C24H40O4/c1-17(11-12-20-18(2)10-8-14-23(20,4)5)9-7-15-24(6)16-13-21(27-28-24)19(3)22(25)26/h9,19,21H,7-8,10-16H2,1-6H3,(H,25,26)/t19-,21+,24-/m1/s1. The third-order valence-corrected chi connectivity index (χ3v) is 6.90. The van der Waals surface area contributed by atoms with E-state index in [0.29, 0.717) is 5.41 Å². The molecule has 2 rings (SSSR count). The third kappa shape index (κ3) is 6.18. The van der Waals surface area contributed by atoms with Gasteiger partial charge in [-0.25, -0.2) is 9.78 Å². The van der Waals surface area contributed by atoms with Gasteiger partial charge in [-0.2, -0.15) is 0 Å². The van der Waals surface area contributed by atoms with Gasteiger partial charge in [0, 0.05) is 0 Å². The molecular formula is C24H40O4. The predicted molar refractivity (Wildman–Crippen MR) is 113 cm³/mol. The molecule has 1 heterocycles. The van der Waals surface area contributed by atoms with Crippen LogP contribution in [-0.4, -0.2) is 22.8 Å². The zero-order valence-corrected chi connectivity index (χ0v) is 18.8. The van der Waals surface area contributed by atoms with E-state index in [1.165, 1.54) is 31.3 Å². The Labute approximate surface area is 171 Å². The van der Waals surface area contributed by atoms with Crippen LogP contribution >= 0.6 is 0 Å². The van der Waals surface area contributed by atoms with Crippen molar-refractivity contribution in [2.24, 2.45) is 11.3 Å². The second-order valence-electron chi connectivity index (χ2n) is 9.92. The third-order valence-electron chi connectivity index (χ3n) is 6.90. The van der Waals surface area contributed by atoms with Crippen molar-refractivity contribution < 1.29 is 19.7 Å². The number of rotatable bonds is 8. The summed E-state index contributed by atoms with van der Waals surface area (Å²) < 4.78 is 0. The fourth-order valence-corrected chi connectivity index (χ4v) is 4.65. The fraction of sp³-hybridized carbons (Fsp3) is 0.792. The van der Waals surface area contributed by atoms with Crippen LogP contribution < -0.4 is 0 Å². The van der Waals surface area contributed by atoms with Crippen LogP contribution in [0.5, 0.6) is 0 Å². The molecule has 4 heteroatoms. The quantitative estimate of drug-likeness (QED) is 0.373. The minimum atomic E-state index is -0.831. The van der Waals surface area contributed by atoms with E-state index in [-0.39, 0.29) is 11.7 Å². The largest absolute Gasteiger partial charge is 0.481 e. The Hall–Kier alpha value is -1.13. The normalized spacial score (nSPS) is 29.6. The second kappa shape index (κ2) is 9.58. The van der Waals surface area contributed by atoms with Gasteiger partial charge in [-0.05, 0) is 90.9 Å². The van der Waals surface area contributed by atoms with Gasteiger partial charge < -0.3 is 5.11 Å². The molecule has 0 spiro atoms. The number of carboxylic acids is 1. The summed E-state index contributed by atoms with van der Waals surface area (Å²) in [4.78, 5) is 22.2. The minimum absolute atomic E-state index is 0.323. The summed E-state index contributed by atoms with van der Waals surface area (Å²) in [5.74, 6) is -1.37. The minimum Gasteiger partial charge on any atom is -0.481 e. The molecule has 28 heavy (non-hydrogen) atoms. The van der Waals surface area contributed by atoms with Gasteiger partial charge in [-0.15, -0.1) is 0 Å². The predicted octanol–water partition coefficient (Wildman–Crippen LogP) is 6.61. The number of aliphatic carboxylic acids is 1. The lowest BCUT2D eigenvalue weighted by atomic mass is 9.71. The van der Waals surface area contributed by atoms with Crippen LogP contribution in [0.1, 0.15) is 99.3 Å². The number of carbonyl (C=O) groups is 1. The van der Waals surface area contributed by atoms with Crippen LogP contribution in [0.2, 0.25) is 0 Å². The Bertz CT molecular complexity index is 606. The molecule has 1 fully saturated rings. The van der Waals surface area contributed by atoms with E-state index in [4.69, 9.17) is 14.9 Å². The highest BCUT2D eigenvalue weighted by molar-refractivity contribution is 5.70. The number of hydrogen-bond acceptors (Lipinski definition) is 3. The van der Waals surface area contributed by atoms with Crippen LogP contribution in [0.25, 0.3) is 0 Å². The molecule has 3 atom stereocenters. The lowest BCUT2D eigenvalue weighted by Gasteiger charge is -2.37. The molecule has 1 aliphatic heterocycles. The molecule has 0 aromatic heterocycles. The lowest BCUT2D eigenvalue weighted by Crippen LogP contribution is -2.41. The van der Waals surface area contributed by atoms with Crippen molar-refractivity contribution in [2.45, 2.75) is 111 Å². The molecule has 0 bridgehead atoms. The Morgan fingerprint density at radius 3 is 2.61 bits per heavy atom. The molecule has 160 valence electrons. The van der Waals surface area contributed by atoms with E-state index in [2.05, 4.69) is 40.7 Å². The van der Waals surface area contributed by atoms with Crippen LogP contribution in [0.4, 0.5) is 0 Å². The highest BCUT2D eigenvalue weighted by Crippen LogP contribution is 2.42. The molecule has 1 aliphatic carbocycles. The van der Waals surface area contributed by atoms with Crippen LogP contribution in [0.15, 0.2) is 22.8 Å². The summed E-state index contributed by atoms with van der Waals surface area (Å²) in [6.07, 6.45) is 11.6. The summed E-state index contributed by atoms with van der Waals surface area (Å²) in [7, 11) is 0. The Balaban J connectivity index is 1.79. The first-order chi connectivity index (χ1) is 13.0. The summed E-state index contributed by atoms with van der Waals surface area (Å²) >= 11 is 0. The maximum absolute atomic E-state index is 11.1. The molecule has 0 unspecified atom stereocenters. The molecule has 0 radical (unpaired) electrons. The van der Waals surface area contributed by atoms with Crippen LogP contribution in [0.3, 0.4) is 0 Å². The van der Waals surface area contributed by atoms with Crippen LogP contribution in [-0.2, 0) is 14.6 Å². The zero-order valence-electron chi connectivity index (χ0n) is 18.8. The van der Waals surface area contributed by atoms with Crippen molar-refractivity contribution in [1.82, 2.24) is 0 Å². The van der Waals surface area contributed by atoms with Crippen molar-refractivity contribution >= 4 is 5.97 Å². The van der Waals surface area contributed by atoms with Crippen molar-refractivity contribution in [3.8, 4) is 0 Å². The van der Waals surface area contributed by atoms with Gasteiger partial charge in [0.05, 0.1) is 5.92 Å². The summed E-state index contributed by atoms with van der Waals surface area (Å²) in [6, 6.07) is 0. The Kier molecular flexibility index (Phi) is 7.92. The smallest absolute Gasteiger partial charge is 0.308 e. The second-order valence-corrected chi connectivity index (χ2v) is 9.92. The summed E-state index contributed by atoms with van der Waals surface area (Å²) in [5.41, 5.74) is 4.75. The molecule has 0 saturated carbocycles. The highest BCUT2D eigenvalue weighted by Gasteiger charge is 2.37. The number of carboxylic acid groups (broad SMARTS) is 1. The van der Waals surface area contributed by atoms with Gasteiger partial charge in [-0.1, -0.05) is 36.6 Å². The van der Waals surface area contributed by atoms with Gasteiger partial charge in [0.25, 0.3) is 0 Å². The number of allylic oxidation sites excluding steroid dienone is 4.